The molecular weight excluding hydrogens is 290 g/mol. The Labute approximate surface area is 124 Å². The van der Waals surface area contributed by atoms with Crippen molar-refractivity contribution in [3.63, 3.8) is 0 Å². The van der Waals surface area contributed by atoms with Crippen molar-refractivity contribution in [1.82, 2.24) is 10.2 Å². The first kappa shape index (κ1) is 15.4. The van der Waals surface area contributed by atoms with Gasteiger partial charge in [0.2, 0.25) is 0 Å². The number of H-pyrrole nitrogens is 1. The minimum atomic E-state index is -3.63. The third kappa shape index (κ3) is 3.98. The fourth-order valence-corrected chi connectivity index (χ4v) is 2.71. The molecule has 0 aliphatic rings. The van der Waals surface area contributed by atoms with Crippen molar-refractivity contribution in [2.24, 2.45) is 5.92 Å². The standard InChI is InChI=1S/C14H19N3O3S/c1-10(2)9-20-12-4-6-13(7-5-12)21(18,19)17-14-11(3)8-15-16-14/h4-8,10H,9H2,1-3H3,(H2,15,16,17). The molecule has 6 nitrogen and oxygen atoms in total. The summed E-state index contributed by atoms with van der Waals surface area (Å²) in [6.07, 6.45) is 1.56. The van der Waals surface area contributed by atoms with Gasteiger partial charge in [-0.3, -0.25) is 9.82 Å². The highest BCUT2D eigenvalue weighted by molar-refractivity contribution is 7.92. The van der Waals surface area contributed by atoms with E-state index in [4.69, 9.17) is 4.74 Å². The number of aryl methyl sites for hydroxylation is 1. The number of aromatic nitrogens is 2. The van der Waals surface area contributed by atoms with E-state index < -0.39 is 10.0 Å². The maximum atomic E-state index is 12.2. The normalized spacial score (nSPS) is 11.6. The van der Waals surface area contributed by atoms with Crippen molar-refractivity contribution in [2.45, 2.75) is 25.7 Å². The summed E-state index contributed by atoms with van der Waals surface area (Å²) in [6, 6.07) is 6.33. The third-order valence-corrected chi connectivity index (χ3v) is 4.15. The molecule has 0 aliphatic heterocycles. The molecule has 0 bridgehead atoms. The molecule has 0 spiro atoms. The smallest absolute Gasteiger partial charge is 0.263 e. The van der Waals surface area contributed by atoms with E-state index in [0.717, 1.165) is 5.56 Å². The minimum Gasteiger partial charge on any atom is -0.493 e. The lowest BCUT2D eigenvalue weighted by molar-refractivity contribution is 0.271. The van der Waals surface area contributed by atoms with Gasteiger partial charge in [0.15, 0.2) is 0 Å². The van der Waals surface area contributed by atoms with E-state index in [9.17, 15) is 8.42 Å². The summed E-state index contributed by atoms with van der Waals surface area (Å²) in [5.74, 6) is 1.44. The van der Waals surface area contributed by atoms with Gasteiger partial charge in [0.1, 0.15) is 11.6 Å². The van der Waals surface area contributed by atoms with Crippen molar-refractivity contribution in [1.29, 1.82) is 0 Å². The van der Waals surface area contributed by atoms with Crippen LogP contribution < -0.4 is 9.46 Å². The number of anilines is 1. The molecule has 7 heteroatoms. The molecule has 0 aliphatic carbocycles. The van der Waals surface area contributed by atoms with E-state index in [2.05, 4.69) is 28.8 Å². The van der Waals surface area contributed by atoms with E-state index >= 15 is 0 Å². The first-order valence-electron chi connectivity index (χ1n) is 6.64. The Hall–Kier alpha value is -2.02. The summed E-state index contributed by atoms with van der Waals surface area (Å²) in [7, 11) is -3.63. The molecule has 2 aromatic rings. The molecule has 114 valence electrons. The molecule has 2 N–H and O–H groups in total. The first-order chi connectivity index (χ1) is 9.88. The summed E-state index contributed by atoms with van der Waals surface area (Å²) in [6.45, 7) is 6.47. The molecule has 1 aromatic carbocycles. The van der Waals surface area contributed by atoms with Gasteiger partial charge >= 0.3 is 0 Å². The maximum absolute atomic E-state index is 12.2. The first-order valence-corrected chi connectivity index (χ1v) is 8.12. The lowest BCUT2D eigenvalue weighted by atomic mass is 10.2. The lowest BCUT2D eigenvalue weighted by Gasteiger charge is -2.10. The molecule has 0 atom stereocenters. The summed E-state index contributed by atoms with van der Waals surface area (Å²) in [5, 5.41) is 6.39. The molecule has 0 amide bonds. The van der Waals surface area contributed by atoms with Gasteiger partial charge in [0.05, 0.1) is 17.7 Å². The number of sulfonamides is 1. The number of nitrogens with zero attached hydrogens (tertiary/aromatic N) is 1. The molecular formula is C14H19N3O3S. The zero-order valence-electron chi connectivity index (χ0n) is 12.3. The Kier molecular flexibility index (Phi) is 4.52. The van der Waals surface area contributed by atoms with Gasteiger partial charge in [0, 0.05) is 5.56 Å². The molecule has 0 saturated heterocycles. The highest BCUT2D eigenvalue weighted by Crippen LogP contribution is 2.20. The number of nitrogens with one attached hydrogen (secondary N) is 2. The fourth-order valence-electron chi connectivity index (χ4n) is 1.62. The Morgan fingerprint density at radius 2 is 1.95 bits per heavy atom. The van der Waals surface area contributed by atoms with Gasteiger partial charge in [-0.05, 0) is 37.1 Å². The highest BCUT2D eigenvalue weighted by Gasteiger charge is 2.16. The van der Waals surface area contributed by atoms with Gasteiger partial charge in [0.25, 0.3) is 10.0 Å². The Morgan fingerprint density at radius 1 is 1.29 bits per heavy atom. The topological polar surface area (TPSA) is 84.1 Å². The van der Waals surface area contributed by atoms with Gasteiger partial charge in [-0.2, -0.15) is 5.10 Å². The van der Waals surface area contributed by atoms with E-state index in [0.29, 0.717) is 24.1 Å². The van der Waals surface area contributed by atoms with Gasteiger partial charge in [-0.15, -0.1) is 0 Å². The predicted molar refractivity (Wildman–Crippen MR) is 80.9 cm³/mol. The molecule has 21 heavy (non-hydrogen) atoms. The minimum absolute atomic E-state index is 0.174. The van der Waals surface area contributed by atoms with Crippen molar-refractivity contribution in [2.75, 3.05) is 11.3 Å². The van der Waals surface area contributed by atoms with Gasteiger partial charge < -0.3 is 4.74 Å². The van der Waals surface area contributed by atoms with Gasteiger partial charge in [-0.1, -0.05) is 13.8 Å². The second kappa shape index (κ2) is 6.17. The van der Waals surface area contributed by atoms with E-state index in [1.165, 1.54) is 12.1 Å². The van der Waals surface area contributed by atoms with Crippen LogP contribution in [-0.2, 0) is 10.0 Å². The quantitative estimate of drug-likeness (QED) is 0.859. The van der Waals surface area contributed by atoms with Crippen LogP contribution in [0.3, 0.4) is 0 Å². The van der Waals surface area contributed by atoms with Crippen molar-refractivity contribution >= 4 is 15.8 Å². The van der Waals surface area contributed by atoms with Crippen LogP contribution in [0.2, 0.25) is 0 Å². The van der Waals surface area contributed by atoms with E-state index in [1.807, 2.05) is 0 Å². The number of hydrogen-bond donors (Lipinski definition) is 2. The Morgan fingerprint density at radius 3 is 2.48 bits per heavy atom. The second-order valence-corrected chi connectivity index (χ2v) is 6.89. The van der Waals surface area contributed by atoms with Crippen LogP contribution in [0.1, 0.15) is 19.4 Å². The molecule has 1 heterocycles. The van der Waals surface area contributed by atoms with Crippen LogP contribution in [0.4, 0.5) is 5.82 Å². The Bertz CT molecular complexity index is 691. The number of aromatic amines is 1. The number of rotatable bonds is 6. The summed E-state index contributed by atoms with van der Waals surface area (Å²) in [4.78, 5) is 0.174. The summed E-state index contributed by atoms with van der Waals surface area (Å²) < 4.78 is 32.5. The summed E-state index contributed by atoms with van der Waals surface area (Å²) in [5.41, 5.74) is 0.732. The lowest BCUT2D eigenvalue weighted by Crippen LogP contribution is -2.14. The van der Waals surface area contributed by atoms with E-state index in [-0.39, 0.29) is 4.90 Å². The van der Waals surface area contributed by atoms with Crippen molar-refractivity contribution in [3.05, 3.63) is 36.0 Å². The van der Waals surface area contributed by atoms with Gasteiger partial charge in [-0.25, -0.2) is 8.42 Å². The average molecular weight is 309 g/mol. The molecule has 1 aromatic heterocycles. The SMILES string of the molecule is Cc1cn[nH]c1NS(=O)(=O)c1ccc(OCC(C)C)cc1. The second-order valence-electron chi connectivity index (χ2n) is 5.21. The third-order valence-electron chi connectivity index (χ3n) is 2.78. The molecule has 0 unspecified atom stereocenters. The zero-order chi connectivity index (χ0) is 15.5. The molecule has 0 saturated carbocycles. The van der Waals surface area contributed by atoms with Crippen LogP contribution >= 0.6 is 0 Å². The molecule has 0 radical (unpaired) electrons. The van der Waals surface area contributed by atoms with E-state index in [1.54, 1.807) is 25.3 Å². The maximum Gasteiger partial charge on any atom is 0.263 e. The predicted octanol–water partition coefficient (Wildman–Crippen LogP) is 2.55. The number of benzene rings is 1. The van der Waals surface area contributed by atoms with Crippen molar-refractivity contribution in [3.8, 4) is 5.75 Å². The fraction of sp³-hybridized carbons (Fsp3) is 0.357. The average Bonchev–Trinajstić information content (AvgIpc) is 2.82. The van der Waals surface area contributed by atoms with Crippen LogP contribution in [0.25, 0.3) is 0 Å². The monoisotopic (exact) mass is 309 g/mol. The summed E-state index contributed by atoms with van der Waals surface area (Å²) >= 11 is 0. The van der Waals surface area contributed by atoms with Crippen LogP contribution in [0.15, 0.2) is 35.4 Å². The number of ether oxygens (including phenoxy) is 1. The van der Waals surface area contributed by atoms with Crippen LogP contribution in [0.5, 0.6) is 5.75 Å². The van der Waals surface area contributed by atoms with Crippen molar-refractivity contribution < 1.29 is 13.2 Å². The molecule has 0 fully saturated rings. The van der Waals surface area contributed by atoms with Crippen LogP contribution in [-0.4, -0.2) is 25.2 Å². The largest absolute Gasteiger partial charge is 0.493 e. The highest BCUT2D eigenvalue weighted by atomic mass is 32.2. The molecule has 2 rings (SSSR count). The van der Waals surface area contributed by atoms with Crippen LogP contribution in [0, 0.1) is 12.8 Å². The number of hydrogen-bond acceptors (Lipinski definition) is 4. The zero-order valence-corrected chi connectivity index (χ0v) is 13.1. The Balaban J connectivity index is 2.12.